The average molecular weight is 1230 g/mol. The van der Waals surface area contributed by atoms with Crippen LogP contribution >= 0.6 is 0 Å². The van der Waals surface area contributed by atoms with Crippen molar-refractivity contribution in [2.75, 3.05) is 0 Å². The zero-order chi connectivity index (χ0) is 62.9. The van der Waals surface area contributed by atoms with Crippen molar-refractivity contribution < 1.29 is 58.3 Å². The predicted octanol–water partition coefficient (Wildman–Crippen LogP) is 17.3. The molecule has 0 unspecified atom stereocenters. The molecule has 472 valence electrons. The highest BCUT2D eigenvalue weighted by Gasteiger charge is 2.51. The van der Waals surface area contributed by atoms with Crippen LogP contribution in [0.15, 0.2) is 121 Å². The highest BCUT2D eigenvalue weighted by molar-refractivity contribution is 5.71. The van der Waals surface area contributed by atoms with E-state index in [0.29, 0.717) is 113 Å². The maximum atomic E-state index is 13.8. The van der Waals surface area contributed by atoms with Crippen molar-refractivity contribution in [2.24, 2.45) is 23.7 Å². The van der Waals surface area contributed by atoms with Crippen molar-refractivity contribution in [3.05, 3.63) is 210 Å². The van der Waals surface area contributed by atoms with E-state index in [1.165, 1.54) is 0 Å². The third kappa shape index (κ3) is 8.87. The molecule has 4 N–H and O–H groups in total. The number of para-hydroxylation sites is 4. The van der Waals surface area contributed by atoms with E-state index < -0.39 is 72.5 Å². The first-order valence-electron chi connectivity index (χ1n) is 33.8. The Morgan fingerprint density at radius 2 is 0.489 bits per heavy atom. The number of ether oxygens (including phenoxy) is 8. The zero-order valence-electron chi connectivity index (χ0n) is 53.5. The maximum Gasteiger partial charge on any atom is 0.164 e. The minimum atomic E-state index is -0.586. The fourth-order valence-electron chi connectivity index (χ4n) is 17.5. The first-order chi connectivity index (χ1) is 44.5. The van der Waals surface area contributed by atoms with Gasteiger partial charge in [-0.05, 0) is 97.9 Å². The van der Waals surface area contributed by atoms with Gasteiger partial charge in [-0.1, -0.05) is 128 Å². The van der Waals surface area contributed by atoms with Crippen molar-refractivity contribution in [1.82, 2.24) is 0 Å². The van der Waals surface area contributed by atoms with E-state index in [9.17, 15) is 20.4 Å². The third-order valence-electron chi connectivity index (χ3n) is 21.4. The molecule has 0 saturated heterocycles. The fraction of sp³-hybridized carbons (Fsp3) is 0.400. The Labute approximate surface area is 538 Å². The minimum absolute atomic E-state index is 0.0744. The van der Waals surface area contributed by atoms with Crippen LogP contribution in [0.1, 0.15) is 218 Å². The van der Waals surface area contributed by atoms with Crippen molar-refractivity contribution in [1.29, 1.82) is 0 Å². The maximum absolute atomic E-state index is 13.8. The number of benzene rings is 8. The molecule has 12 nitrogen and oxygen atoms in total. The molecule has 0 radical (unpaired) electrons. The number of phenolic OH excluding ortho intramolecular Hbond substituents is 4. The van der Waals surface area contributed by atoms with E-state index in [1.807, 2.05) is 72.8 Å². The van der Waals surface area contributed by atoms with Gasteiger partial charge in [0.2, 0.25) is 0 Å². The normalized spacial score (nSPS) is 25.8. The lowest BCUT2D eigenvalue weighted by Crippen LogP contribution is -2.33. The molecule has 8 bridgehead atoms. The number of hydrogen-bond donors (Lipinski definition) is 4. The van der Waals surface area contributed by atoms with Gasteiger partial charge in [-0.25, -0.2) is 0 Å². The zero-order valence-corrected chi connectivity index (χ0v) is 53.5. The first-order valence-corrected chi connectivity index (χ1v) is 33.8. The molecule has 8 heterocycles. The summed E-state index contributed by atoms with van der Waals surface area (Å²) in [6, 6.07) is 41.1. The fourth-order valence-corrected chi connectivity index (χ4v) is 17.5. The van der Waals surface area contributed by atoms with Gasteiger partial charge in [0.25, 0.3) is 0 Å². The highest BCUT2D eigenvalue weighted by Crippen LogP contribution is 2.63. The Hall–Kier alpha value is -8.64. The van der Waals surface area contributed by atoms with Gasteiger partial charge in [-0.15, -0.1) is 0 Å². The lowest BCUT2D eigenvalue weighted by atomic mass is 9.72. The minimum Gasteiger partial charge on any atom is -0.507 e. The molecule has 0 saturated carbocycles. The summed E-state index contributed by atoms with van der Waals surface area (Å²) in [5.74, 6) is 4.21. The van der Waals surface area contributed by atoms with E-state index >= 15 is 0 Å². The molecule has 1 aliphatic carbocycles. The smallest absolute Gasteiger partial charge is 0.164 e. The van der Waals surface area contributed by atoms with Crippen molar-refractivity contribution in [3.8, 4) is 69.0 Å². The first kappa shape index (κ1) is 57.3. The second-order valence-corrected chi connectivity index (χ2v) is 29.3. The van der Waals surface area contributed by atoms with Crippen LogP contribution in [-0.4, -0.2) is 44.8 Å². The van der Waals surface area contributed by atoms with Crippen LogP contribution < -0.4 is 37.9 Å². The van der Waals surface area contributed by atoms with Crippen LogP contribution in [0.2, 0.25) is 0 Å². The molecule has 12 heteroatoms. The van der Waals surface area contributed by atoms with Gasteiger partial charge in [0.1, 0.15) is 93.4 Å². The van der Waals surface area contributed by atoms with Crippen molar-refractivity contribution >= 4 is 0 Å². The molecule has 0 amide bonds. The summed E-state index contributed by atoms with van der Waals surface area (Å²) in [5, 5.41) is 54.9. The molecule has 0 spiro atoms. The quantitative estimate of drug-likeness (QED) is 0.114. The van der Waals surface area contributed by atoms with Crippen LogP contribution in [0.3, 0.4) is 0 Å². The summed E-state index contributed by atoms with van der Waals surface area (Å²) in [6.07, 6.45) is 0.218. The Morgan fingerprint density at radius 3 is 0.717 bits per heavy atom. The molecular weight excluding hydrogens is 1150 g/mol. The SMILES string of the molecule is CC(C)C[C@H]1c2cc(c3c(c2O)C[C@H]2Oc4ccccc4[C@H]2O3)[C@@H](CC(C)C)c2cc(c(O)c3c2O[C@@H]2c4ccccc4O[C@@H]2C3)[C@@H](CC(C)C)c2cc(c(O)c3c2O[C@@H]2c4ccccc4O[C@@H]2C3)[C@@H](CC(C)C)c2cc1c(O)c1c2O[C@@H]2c3ccccc3O[C@@H]2C1. The summed E-state index contributed by atoms with van der Waals surface area (Å²) >= 11 is 0. The lowest BCUT2D eigenvalue weighted by Gasteiger charge is -2.39. The molecule has 8 aliphatic heterocycles. The molecule has 17 rings (SSSR count). The van der Waals surface area contributed by atoms with Gasteiger partial charge in [0, 0.05) is 138 Å². The standard InChI is InChI=1S/C80H80O12/c1-37(2)25-45-49-29-53(73-57(69(49)81)33-65-77(89-73)41-17-9-13-21-61(41)85-65)46(26-38(3)4)51-31-54(74-59(71(51)83)35-67-78(90-74)42-18-10-14-22-62(42)87-67)47(27-39(5)6)52-32-56(76-60(72(52)84)36-68-80(92-76)44-20-12-16-24-64(44)88-68)48(28-40(7)8)55-30-50(45)70(82)58-34-66-79(91-75(55)58)43-19-11-15-23-63(43)86-66/h9-24,29-32,37-40,45-48,65-68,77-84H,25-28,33-36H2,1-8H3/t45-,46-,47-,48-,65-,66-,67-,68-,77-,78-,79-,80-/m1/s1. The number of rotatable bonds is 8. The Balaban J connectivity index is 0.997. The predicted molar refractivity (Wildman–Crippen MR) is 349 cm³/mol. The van der Waals surface area contributed by atoms with Crippen LogP contribution in [-0.2, 0) is 25.7 Å². The third-order valence-corrected chi connectivity index (χ3v) is 21.4. The molecule has 8 aromatic carbocycles. The van der Waals surface area contributed by atoms with Crippen LogP contribution in [0.25, 0.3) is 0 Å². The van der Waals surface area contributed by atoms with Gasteiger partial charge in [0.15, 0.2) is 24.4 Å². The molecule has 92 heavy (non-hydrogen) atoms. The molecular formula is C80H80O12. The van der Waals surface area contributed by atoms with Gasteiger partial charge in [0.05, 0.1) is 0 Å². The highest BCUT2D eigenvalue weighted by atomic mass is 16.6. The van der Waals surface area contributed by atoms with E-state index in [4.69, 9.17) is 37.9 Å². The van der Waals surface area contributed by atoms with Gasteiger partial charge in [-0.3, -0.25) is 0 Å². The van der Waals surface area contributed by atoms with Gasteiger partial charge >= 0.3 is 0 Å². The number of fused-ring (bicyclic) bond motifs is 28. The Bertz CT molecular complexity index is 4330. The molecule has 12 atom stereocenters. The van der Waals surface area contributed by atoms with Crippen LogP contribution in [0, 0.1) is 23.7 Å². The number of aromatic hydroxyl groups is 4. The molecule has 9 aliphatic rings. The summed E-state index contributed by atoms with van der Waals surface area (Å²) in [5.41, 5.74) is 12.6. The largest absolute Gasteiger partial charge is 0.507 e. The topological polar surface area (TPSA) is 155 Å². The van der Waals surface area contributed by atoms with E-state index in [0.717, 1.165) is 73.1 Å². The second-order valence-electron chi connectivity index (χ2n) is 29.3. The van der Waals surface area contributed by atoms with Gasteiger partial charge < -0.3 is 58.3 Å². The molecule has 0 aromatic heterocycles. The van der Waals surface area contributed by atoms with E-state index in [2.05, 4.69) is 104 Å². The van der Waals surface area contributed by atoms with E-state index in [-0.39, 0.29) is 46.7 Å². The summed E-state index contributed by atoms with van der Waals surface area (Å²) in [7, 11) is 0. The Morgan fingerprint density at radius 1 is 0.283 bits per heavy atom. The summed E-state index contributed by atoms with van der Waals surface area (Å²) in [6.45, 7) is 17.8. The molecule has 0 fully saturated rings. The number of hydrogen-bond acceptors (Lipinski definition) is 12. The molecule has 8 aromatic rings. The van der Waals surface area contributed by atoms with Crippen molar-refractivity contribution in [2.45, 2.75) is 179 Å². The number of phenols is 4. The van der Waals surface area contributed by atoms with Crippen molar-refractivity contribution in [3.63, 3.8) is 0 Å². The second kappa shape index (κ2) is 21.5. The van der Waals surface area contributed by atoms with Gasteiger partial charge in [-0.2, -0.15) is 0 Å². The summed E-state index contributed by atoms with van der Waals surface area (Å²) < 4.78 is 57.2. The Kier molecular flexibility index (Phi) is 13.4. The summed E-state index contributed by atoms with van der Waals surface area (Å²) in [4.78, 5) is 0. The van der Waals surface area contributed by atoms with E-state index in [1.54, 1.807) is 0 Å². The monoisotopic (exact) mass is 1230 g/mol. The van der Waals surface area contributed by atoms with Crippen LogP contribution in [0.4, 0.5) is 0 Å². The van der Waals surface area contributed by atoms with Crippen LogP contribution in [0.5, 0.6) is 69.0 Å². The lowest BCUT2D eigenvalue weighted by molar-refractivity contribution is 0.0651. The average Bonchev–Trinajstić information content (AvgIpc) is 1.08.